The molecule has 0 bridgehead atoms. The van der Waals surface area contributed by atoms with E-state index in [1.165, 1.54) is 0 Å². The van der Waals surface area contributed by atoms with E-state index in [2.05, 4.69) is 9.82 Å². The number of hydrogen-bond donors (Lipinski definition) is 2. The standard InChI is InChI=1S/C8H7F3N2O3/c9-8(10,11)4-16-13-7(15)5-1-6(14)3-12-2-5/h1-3,14H,4H2,(H,13,15). The van der Waals surface area contributed by atoms with Gasteiger partial charge in [0.25, 0.3) is 5.91 Å². The molecular weight excluding hydrogens is 229 g/mol. The van der Waals surface area contributed by atoms with Crippen molar-refractivity contribution in [3.05, 3.63) is 24.0 Å². The lowest BCUT2D eigenvalue weighted by Crippen LogP contribution is -2.29. The minimum Gasteiger partial charge on any atom is -0.506 e. The molecule has 2 N–H and O–H groups in total. The maximum atomic E-state index is 11.6. The van der Waals surface area contributed by atoms with Crippen LogP contribution >= 0.6 is 0 Å². The van der Waals surface area contributed by atoms with E-state index in [4.69, 9.17) is 5.11 Å². The van der Waals surface area contributed by atoms with Gasteiger partial charge in [0.1, 0.15) is 5.75 Å². The predicted octanol–water partition coefficient (Wildman–Crippen LogP) is 1.01. The summed E-state index contributed by atoms with van der Waals surface area (Å²) >= 11 is 0. The number of pyridine rings is 1. The molecule has 5 nitrogen and oxygen atoms in total. The Morgan fingerprint density at radius 1 is 1.50 bits per heavy atom. The van der Waals surface area contributed by atoms with Crippen molar-refractivity contribution in [3.8, 4) is 5.75 Å². The third-order valence-corrected chi connectivity index (χ3v) is 1.39. The first kappa shape index (κ1) is 12.2. The number of carbonyl (C=O) groups excluding carboxylic acids is 1. The Labute approximate surface area is 87.8 Å². The second-order valence-corrected chi connectivity index (χ2v) is 2.77. The molecule has 0 atom stereocenters. The molecule has 1 heterocycles. The van der Waals surface area contributed by atoms with Crippen LogP contribution in [-0.4, -0.2) is 28.8 Å². The van der Waals surface area contributed by atoms with Gasteiger partial charge in [-0.1, -0.05) is 0 Å². The number of rotatable bonds is 3. The fraction of sp³-hybridized carbons (Fsp3) is 0.250. The van der Waals surface area contributed by atoms with Crippen molar-refractivity contribution in [2.45, 2.75) is 6.18 Å². The second kappa shape index (κ2) is 4.79. The monoisotopic (exact) mass is 236 g/mol. The summed E-state index contributed by atoms with van der Waals surface area (Å²) in [6, 6.07) is 1.04. The van der Waals surface area contributed by atoms with Gasteiger partial charge in [-0.3, -0.25) is 14.6 Å². The molecular formula is C8H7F3N2O3. The highest BCUT2D eigenvalue weighted by atomic mass is 19.4. The van der Waals surface area contributed by atoms with Gasteiger partial charge in [0.15, 0.2) is 6.61 Å². The van der Waals surface area contributed by atoms with Crippen LogP contribution < -0.4 is 5.48 Å². The Hall–Kier alpha value is -1.83. The SMILES string of the molecule is O=C(NOCC(F)(F)F)c1cncc(O)c1. The van der Waals surface area contributed by atoms with Gasteiger partial charge < -0.3 is 5.11 Å². The molecule has 0 aliphatic carbocycles. The van der Waals surface area contributed by atoms with Gasteiger partial charge in [0, 0.05) is 6.20 Å². The van der Waals surface area contributed by atoms with Crippen LogP contribution in [0.4, 0.5) is 13.2 Å². The highest BCUT2D eigenvalue weighted by molar-refractivity contribution is 5.93. The van der Waals surface area contributed by atoms with Crippen LogP contribution in [0.1, 0.15) is 10.4 Å². The summed E-state index contributed by atoms with van der Waals surface area (Å²) in [5.41, 5.74) is 1.46. The first-order valence-corrected chi connectivity index (χ1v) is 4.01. The molecule has 0 saturated carbocycles. The van der Waals surface area contributed by atoms with Crippen molar-refractivity contribution >= 4 is 5.91 Å². The summed E-state index contributed by atoms with van der Waals surface area (Å²) in [6.45, 7) is -1.59. The van der Waals surface area contributed by atoms with Gasteiger partial charge in [-0.25, -0.2) is 5.48 Å². The Morgan fingerprint density at radius 3 is 2.75 bits per heavy atom. The van der Waals surface area contributed by atoms with Gasteiger partial charge >= 0.3 is 6.18 Å². The Balaban J connectivity index is 2.47. The molecule has 88 valence electrons. The van der Waals surface area contributed by atoms with Crippen LogP contribution in [0, 0.1) is 0 Å². The third kappa shape index (κ3) is 4.13. The number of aromatic hydroxyl groups is 1. The molecule has 0 fully saturated rings. The zero-order valence-corrected chi connectivity index (χ0v) is 7.78. The van der Waals surface area contributed by atoms with Crippen LogP contribution in [0.5, 0.6) is 5.75 Å². The van der Waals surface area contributed by atoms with Crippen LogP contribution in [-0.2, 0) is 4.84 Å². The van der Waals surface area contributed by atoms with Crippen molar-refractivity contribution < 1.29 is 27.9 Å². The molecule has 0 aromatic carbocycles. The third-order valence-electron chi connectivity index (χ3n) is 1.39. The Kier molecular flexibility index (Phi) is 3.67. The highest BCUT2D eigenvalue weighted by Crippen LogP contribution is 2.14. The zero-order valence-electron chi connectivity index (χ0n) is 7.78. The van der Waals surface area contributed by atoms with Gasteiger partial charge in [0.2, 0.25) is 0 Å². The lowest BCUT2D eigenvalue weighted by Gasteiger charge is -2.08. The number of alkyl halides is 3. The number of nitrogens with one attached hydrogen (secondary N) is 1. The fourth-order valence-corrected chi connectivity index (χ4v) is 0.794. The number of hydroxylamine groups is 1. The van der Waals surface area contributed by atoms with E-state index in [1.54, 1.807) is 5.48 Å². The molecule has 0 spiro atoms. The smallest absolute Gasteiger partial charge is 0.414 e. The molecule has 0 unspecified atom stereocenters. The van der Waals surface area contributed by atoms with E-state index in [1.807, 2.05) is 0 Å². The number of amides is 1. The molecule has 16 heavy (non-hydrogen) atoms. The van der Waals surface area contributed by atoms with E-state index in [0.29, 0.717) is 0 Å². The first-order valence-electron chi connectivity index (χ1n) is 4.01. The van der Waals surface area contributed by atoms with Crippen molar-refractivity contribution in [2.24, 2.45) is 0 Å². The van der Waals surface area contributed by atoms with Gasteiger partial charge in [-0.05, 0) is 6.07 Å². The van der Waals surface area contributed by atoms with Gasteiger partial charge in [-0.2, -0.15) is 13.2 Å². The highest BCUT2D eigenvalue weighted by Gasteiger charge is 2.28. The van der Waals surface area contributed by atoms with Crippen molar-refractivity contribution in [1.82, 2.24) is 10.5 Å². The summed E-state index contributed by atoms with van der Waals surface area (Å²) in [4.78, 5) is 18.5. The molecule has 1 amide bonds. The normalized spacial score (nSPS) is 11.2. The molecule has 0 saturated heterocycles. The van der Waals surface area contributed by atoms with Crippen LogP contribution in [0.15, 0.2) is 18.5 Å². The number of halogens is 3. The number of nitrogens with zero attached hydrogens (tertiary/aromatic N) is 1. The molecule has 0 aliphatic rings. The summed E-state index contributed by atoms with van der Waals surface area (Å²) < 4.78 is 34.9. The molecule has 8 heteroatoms. The van der Waals surface area contributed by atoms with Gasteiger partial charge in [-0.15, -0.1) is 0 Å². The molecule has 1 aromatic heterocycles. The maximum Gasteiger partial charge on any atom is 0.414 e. The number of hydrogen-bond acceptors (Lipinski definition) is 4. The van der Waals surface area contributed by atoms with Crippen LogP contribution in [0.3, 0.4) is 0 Å². The summed E-state index contributed by atoms with van der Waals surface area (Å²) in [7, 11) is 0. The van der Waals surface area contributed by atoms with E-state index in [9.17, 15) is 18.0 Å². The fourth-order valence-electron chi connectivity index (χ4n) is 0.794. The quantitative estimate of drug-likeness (QED) is 0.768. The predicted molar refractivity (Wildman–Crippen MR) is 45.4 cm³/mol. The van der Waals surface area contributed by atoms with Crippen LogP contribution in [0.2, 0.25) is 0 Å². The second-order valence-electron chi connectivity index (χ2n) is 2.77. The largest absolute Gasteiger partial charge is 0.506 e. The first-order chi connectivity index (χ1) is 7.38. The summed E-state index contributed by atoms with van der Waals surface area (Å²) in [5.74, 6) is -1.20. The average Bonchev–Trinajstić information content (AvgIpc) is 2.15. The van der Waals surface area contributed by atoms with Crippen molar-refractivity contribution in [2.75, 3.05) is 6.61 Å². The minimum atomic E-state index is -4.52. The molecule has 1 rings (SSSR count). The Bertz CT molecular complexity index is 381. The molecule has 1 aromatic rings. The lowest BCUT2D eigenvalue weighted by molar-refractivity contribution is -0.184. The van der Waals surface area contributed by atoms with Crippen molar-refractivity contribution in [1.29, 1.82) is 0 Å². The molecule has 0 radical (unpaired) electrons. The van der Waals surface area contributed by atoms with Crippen molar-refractivity contribution in [3.63, 3.8) is 0 Å². The van der Waals surface area contributed by atoms with E-state index >= 15 is 0 Å². The number of aromatic nitrogens is 1. The van der Waals surface area contributed by atoms with E-state index in [-0.39, 0.29) is 11.3 Å². The topological polar surface area (TPSA) is 71.5 Å². The van der Waals surface area contributed by atoms with Crippen LogP contribution in [0.25, 0.3) is 0 Å². The minimum absolute atomic E-state index is 0.109. The van der Waals surface area contributed by atoms with E-state index in [0.717, 1.165) is 18.5 Å². The van der Waals surface area contributed by atoms with Gasteiger partial charge in [0.05, 0.1) is 11.8 Å². The zero-order chi connectivity index (χ0) is 12.2. The summed E-state index contributed by atoms with van der Waals surface area (Å²) in [6.07, 6.45) is -2.37. The Morgan fingerprint density at radius 2 is 2.19 bits per heavy atom. The lowest BCUT2D eigenvalue weighted by atomic mass is 10.3. The number of carbonyl (C=O) groups is 1. The summed E-state index contributed by atoms with van der Waals surface area (Å²) in [5, 5.41) is 8.95. The molecule has 0 aliphatic heterocycles. The average molecular weight is 236 g/mol. The maximum absolute atomic E-state index is 11.6. The van der Waals surface area contributed by atoms with E-state index < -0.39 is 18.7 Å².